The van der Waals surface area contributed by atoms with Crippen molar-refractivity contribution in [2.24, 2.45) is 5.41 Å². The molecule has 1 amide bonds. The van der Waals surface area contributed by atoms with Gasteiger partial charge in [-0.15, -0.1) is 0 Å². The van der Waals surface area contributed by atoms with Gasteiger partial charge >= 0.3 is 0 Å². The van der Waals surface area contributed by atoms with Crippen molar-refractivity contribution in [3.8, 4) is 5.75 Å². The Kier molecular flexibility index (Phi) is 4.65. The largest absolute Gasteiger partial charge is 0.508 e. The highest BCUT2D eigenvalue weighted by atomic mass is 16.3. The summed E-state index contributed by atoms with van der Waals surface area (Å²) >= 11 is 0. The smallest absolute Gasteiger partial charge is 0.231 e. The Balaban J connectivity index is 2.13. The highest BCUT2D eigenvalue weighted by molar-refractivity contribution is 5.95. The van der Waals surface area contributed by atoms with E-state index in [0.29, 0.717) is 0 Å². The summed E-state index contributed by atoms with van der Waals surface area (Å²) in [6, 6.07) is 5.18. The van der Waals surface area contributed by atoms with Crippen LogP contribution in [0.25, 0.3) is 0 Å². The summed E-state index contributed by atoms with van der Waals surface area (Å²) in [6.07, 6.45) is 3.89. The molecule has 0 radical (unpaired) electrons. The third-order valence-electron chi connectivity index (χ3n) is 4.14. The molecule has 1 atom stereocenters. The molecule has 2 rings (SSSR count). The number of anilines is 1. The second-order valence-corrected chi connectivity index (χ2v) is 5.77. The van der Waals surface area contributed by atoms with Gasteiger partial charge in [-0.1, -0.05) is 13.3 Å². The van der Waals surface area contributed by atoms with Gasteiger partial charge in [0.15, 0.2) is 0 Å². The van der Waals surface area contributed by atoms with E-state index in [2.05, 4.69) is 17.6 Å². The minimum Gasteiger partial charge on any atom is -0.508 e. The van der Waals surface area contributed by atoms with E-state index in [0.717, 1.165) is 50.0 Å². The Hall–Kier alpha value is -1.55. The summed E-state index contributed by atoms with van der Waals surface area (Å²) in [4.78, 5) is 12.7. The molecule has 110 valence electrons. The first kappa shape index (κ1) is 14.9. The zero-order valence-corrected chi connectivity index (χ0v) is 12.3. The van der Waals surface area contributed by atoms with Gasteiger partial charge in [0, 0.05) is 12.2 Å². The molecule has 1 fully saturated rings. The molecule has 1 aromatic rings. The van der Waals surface area contributed by atoms with Crippen molar-refractivity contribution in [3.63, 3.8) is 0 Å². The summed E-state index contributed by atoms with van der Waals surface area (Å²) < 4.78 is 0. The highest BCUT2D eigenvalue weighted by Gasteiger charge is 2.38. The highest BCUT2D eigenvalue weighted by Crippen LogP contribution is 2.33. The molecule has 0 bridgehead atoms. The van der Waals surface area contributed by atoms with E-state index in [1.165, 1.54) is 0 Å². The number of piperidine rings is 1. The third kappa shape index (κ3) is 3.12. The lowest BCUT2D eigenvalue weighted by Gasteiger charge is -2.36. The van der Waals surface area contributed by atoms with Gasteiger partial charge in [-0.3, -0.25) is 4.79 Å². The maximum absolute atomic E-state index is 12.7. The Morgan fingerprint density at radius 1 is 1.50 bits per heavy atom. The summed E-state index contributed by atoms with van der Waals surface area (Å²) in [5.74, 6) is 0.349. The average molecular weight is 276 g/mol. The number of hydrogen-bond acceptors (Lipinski definition) is 3. The van der Waals surface area contributed by atoms with E-state index in [-0.39, 0.29) is 17.1 Å². The average Bonchev–Trinajstić information content (AvgIpc) is 2.44. The number of phenols is 1. The number of phenolic OH excluding ortho intramolecular Hbond substituents is 1. The van der Waals surface area contributed by atoms with E-state index < -0.39 is 0 Å². The maximum Gasteiger partial charge on any atom is 0.231 e. The number of aromatic hydroxyl groups is 1. The molecule has 4 heteroatoms. The van der Waals surface area contributed by atoms with Crippen LogP contribution < -0.4 is 10.6 Å². The van der Waals surface area contributed by atoms with Gasteiger partial charge in [-0.2, -0.15) is 0 Å². The SMILES string of the molecule is CCCC1(C(=O)Nc2ccc(O)c(C)c2)CCCNC1. The second-order valence-electron chi connectivity index (χ2n) is 5.77. The van der Waals surface area contributed by atoms with E-state index in [4.69, 9.17) is 0 Å². The van der Waals surface area contributed by atoms with E-state index in [1.54, 1.807) is 12.1 Å². The van der Waals surface area contributed by atoms with Crippen molar-refractivity contribution in [1.82, 2.24) is 5.32 Å². The van der Waals surface area contributed by atoms with Gasteiger partial charge in [0.05, 0.1) is 5.41 Å². The predicted octanol–water partition coefficient (Wildman–Crippen LogP) is 2.81. The molecule has 20 heavy (non-hydrogen) atoms. The van der Waals surface area contributed by atoms with Crippen molar-refractivity contribution < 1.29 is 9.90 Å². The molecule has 0 spiro atoms. The molecule has 1 aromatic carbocycles. The number of aryl methyl sites for hydroxylation is 1. The van der Waals surface area contributed by atoms with Gasteiger partial charge in [0.1, 0.15) is 5.75 Å². The topological polar surface area (TPSA) is 61.4 Å². The van der Waals surface area contributed by atoms with Crippen LogP contribution in [0.2, 0.25) is 0 Å². The molecule has 4 nitrogen and oxygen atoms in total. The predicted molar refractivity (Wildman–Crippen MR) is 80.9 cm³/mol. The van der Waals surface area contributed by atoms with Gasteiger partial charge in [0.25, 0.3) is 0 Å². The lowest BCUT2D eigenvalue weighted by molar-refractivity contribution is -0.127. The van der Waals surface area contributed by atoms with Gasteiger partial charge < -0.3 is 15.7 Å². The van der Waals surface area contributed by atoms with Crippen LogP contribution in [0.3, 0.4) is 0 Å². The molecule has 0 aromatic heterocycles. The van der Waals surface area contributed by atoms with Crippen LogP contribution >= 0.6 is 0 Å². The molecule has 3 N–H and O–H groups in total. The lowest BCUT2D eigenvalue weighted by atomic mass is 9.76. The Labute approximate surface area is 120 Å². The summed E-state index contributed by atoms with van der Waals surface area (Å²) in [5.41, 5.74) is 1.24. The van der Waals surface area contributed by atoms with Crippen LogP contribution in [0.1, 0.15) is 38.2 Å². The van der Waals surface area contributed by atoms with Gasteiger partial charge in [-0.05, 0) is 56.5 Å². The zero-order chi connectivity index (χ0) is 14.6. The van der Waals surface area contributed by atoms with E-state index >= 15 is 0 Å². The van der Waals surface area contributed by atoms with Crippen LogP contribution in [-0.4, -0.2) is 24.1 Å². The molecule has 1 saturated heterocycles. The van der Waals surface area contributed by atoms with Crippen molar-refractivity contribution in [3.05, 3.63) is 23.8 Å². The Bertz CT molecular complexity index is 474. The standard InChI is InChI=1S/C16H24N2O2/c1-3-7-16(8-4-9-17-11-16)15(20)18-13-5-6-14(19)12(2)10-13/h5-6,10,17,19H,3-4,7-9,11H2,1-2H3,(H,18,20). The number of hydrogen-bond donors (Lipinski definition) is 3. The Morgan fingerprint density at radius 2 is 2.30 bits per heavy atom. The fourth-order valence-corrected chi connectivity index (χ4v) is 2.96. The first-order chi connectivity index (χ1) is 9.57. The van der Waals surface area contributed by atoms with Crippen molar-refractivity contribution >= 4 is 11.6 Å². The van der Waals surface area contributed by atoms with Crippen LogP contribution in [0.4, 0.5) is 5.69 Å². The molecule has 1 aliphatic rings. The third-order valence-corrected chi connectivity index (χ3v) is 4.14. The first-order valence-corrected chi connectivity index (χ1v) is 7.39. The van der Waals surface area contributed by atoms with Crippen molar-refractivity contribution in [2.45, 2.75) is 39.5 Å². The minimum absolute atomic E-state index is 0.0941. The molecule has 1 aliphatic heterocycles. The second kappa shape index (κ2) is 6.27. The quantitative estimate of drug-likeness (QED) is 0.741. The van der Waals surface area contributed by atoms with Gasteiger partial charge in [-0.25, -0.2) is 0 Å². The fraction of sp³-hybridized carbons (Fsp3) is 0.562. The summed E-state index contributed by atoms with van der Waals surface area (Å²) in [7, 11) is 0. The number of rotatable bonds is 4. The van der Waals surface area contributed by atoms with Gasteiger partial charge in [0.2, 0.25) is 5.91 Å². The minimum atomic E-state index is -0.293. The molecular formula is C16H24N2O2. The van der Waals surface area contributed by atoms with Crippen LogP contribution in [0.15, 0.2) is 18.2 Å². The maximum atomic E-state index is 12.7. The lowest BCUT2D eigenvalue weighted by Crippen LogP contribution is -2.48. The van der Waals surface area contributed by atoms with E-state index in [9.17, 15) is 9.90 Å². The van der Waals surface area contributed by atoms with Crippen LogP contribution in [0, 0.1) is 12.3 Å². The summed E-state index contributed by atoms with van der Waals surface area (Å²) in [5, 5.41) is 15.9. The molecule has 1 unspecified atom stereocenters. The molecule has 0 saturated carbocycles. The number of carbonyl (C=O) groups excluding carboxylic acids is 1. The molecular weight excluding hydrogens is 252 g/mol. The van der Waals surface area contributed by atoms with Crippen LogP contribution in [0.5, 0.6) is 5.75 Å². The number of benzene rings is 1. The monoisotopic (exact) mass is 276 g/mol. The van der Waals surface area contributed by atoms with Crippen molar-refractivity contribution in [1.29, 1.82) is 0 Å². The van der Waals surface area contributed by atoms with Crippen molar-refractivity contribution in [2.75, 3.05) is 18.4 Å². The summed E-state index contributed by atoms with van der Waals surface area (Å²) in [6.45, 7) is 5.70. The fourth-order valence-electron chi connectivity index (χ4n) is 2.96. The number of amides is 1. The van der Waals surface area contributed by atoms with Crippen LogP contribution in [-0.2, 0) is 4.79 Å². The van der Waals surface area contributed by atoms with E-state index in [1.807, 2.05) is 13.0 Å². The normalized spacial score (nSPS) is 22.5. The first-order valence-electron chi connectivity index (χ1n) is 7.39. The number of carbonyl (C=O) groups is 1. The molecule has 1 heterocycles. The Morgan fingerprint density at radius 3 is 2.90 bits per heavy atom. The number of nitrogens with one attached hydrogen (secondary N) is 2. The molecule has 0 aliphatic carbocycles. The zero-order valence-electron chi connectivity index (χ0n) is 12.3.